The lowest BCUT2D eigenvalue weighted by atomic mass is 9.99. The molecule has 1 aliphatic heterocycles. The maximum absolute atomic E-state index is 8.51. The lowest BCUT2D eigenvalue weighted by Crippen LogP contribution is -2.29. The van der Waals surface area contributed by atoms with Gasteiger partial charge in [-0.2, -0.15) is 5.26 Å². The quantitative estimate of drug-likeness (QED) is 0.738. The maximum atomic E-state index is 8.51. The van der Waals surface area contributed by atoms with Gasteiger partial charge in [-0.25, -0.2) is 0 Å². The fourth-order valence-electron chi connectivity index (χ4n) is 2.21. The summed E-state index contributed by atoms with van der Waals surface area (Å²) in [5.41, 5.74) is 2.81. The van der Waals surface area contributed by atoms with Crippen molar-refractivity contribution in [3.8, 4) is 6.07 Å². The van der Waals surface area contributed by atoms with Gasteiger partial charge in [-0.3, -0.25) is 4.90 Å². The number of hydrogen-bond acceptors (Lipinski definition) is 2. The molecule has 1 aromatic rings. The van der Waals surface area contributed by atoms with Gasteiger partial charge in [0.1, 0.15) is 0 Å². The molecule has 1 aliphatic rings. The molecule has 0 bridgehead atoms. The standard InChI is InChI=1S/C15H18N2/c16-10-4-5-11-17-12-8-15(9-13-17)14-6-2-1-3-7-14/h1-3,6-8H,4-5,9,11-13H2. The molecule has 17 heavy (non-hydrogen) atoms. The number of benzene rings is 1. The van der Waals surface area contributed by atoms with Crippen LogP contribution in [0.2, 0.25) is 0 Å². The van der Waals surface area contributed by atoms with Crippen molar-refractivity contribution in [1.29, 1.82) is 5.26 Å². The molecule has 0 fully saturated rings. The minimum Gasteiger partial charge on any atom is -0.299 e. The van der Waals surface area contributed by atoms with E-state index in [9.17, 15) is 0 Å². The van der Waals surface area contributed by atoms with Gasteiger partial charge in [0.2, 0.25) is 0 Å². The monoisotopic (exact) mass is 226 g/mol. The molecule has 2 nitrogen and oxygen atoms in total. The van der Waals surface area contributed by atoms with Crippen LogP contribution in [0.15, 0.2) is 36.4 Å². The molecule has 0 amide bonds. The van der Waals surface area contributed by atoms with Crippen molar-refractivity contribution in [2.45, 2.75) is 19.3 Å². The van der Waals surface area contributed by atoms with E-state index in [1.165, 1.54) is 11.1 Å². The molecule has 0 aliphatic carbocycles. The number of nitriles is 1. The van der Waals surface area contributed by atoms with Gasteiger partial charge in [-0.1, -0.05) is 36.4 Å². The van der Waals surface area contributed by atoms with Crippen LogP contribution in [0.5, 0.6) is 0 Å². The molecule has 0 spiro atoms. The van der Waals surface area contributed by atoms with E-state index in [-0.39, 0.29) is 0 Å². The van der Waals surface area contributed by atoms with Crippen LogP contribution in [0, 0.1) is 11.3 Å². The number of nitrogens with zero attached hydrogens (tertiary/aromatic N) is 2. The molecular weight excluding hydrogens is 208 g/mol. The zero-order valence-corrected chi connectivity index (χ0v) is 10.1. The predicted molar refractivity (Wildman–Crippen MR) is 70.3 cm³/mol. The Labute approximate surface area is 103 Å². The van der Waals surface area contributed by atoms with E-state index in [4.69, 9.17) is 5.26 Å². The molecule has 88 valence electrons. The summed E-state index contributed by atoms with van der Waals surface area (Å²) in [5, 5.41) is 8.51. The molecule has 0 unspecified atom stereocenters. The molecule has 0 atom stereocenters. The second kappa shape index (κ2) is 6.22. The molecule has 0 radical (unpaired) electrons. The highest BCUT2D eigenvalue weighted by Gasteiger charge is 2.11. The van der Waals surface area contributed by atoms with Crippen LogP contribution in [0.1, 0.15) is 24.8 Å². The Morgan fingerprint density at radius 2 is 2.06 bits per heavy atom. The molecule has 0 saturated heterocycles. The van der Waals surface area contributed by atoms with Crippen LogP contribution in [-0.4, -0.2) is 24.5 Å². The van der Waals surface area contributed by atoms with Crippen LogP contribution in [0.4, 0.5) is 0 Å². The molecule has 1 aromatic carbocycles. The molecule has 2 rings (SSSR count). The first-order valence-electron chi connectivity index (χ1n) is 6.24. The number of unbranched alkanes of at least 4 members (excludes halogenated alkanes) is 1. The zero-order chi connectivity index (χ0) is 11.9. The summed E-state index contributed by atoms with van der Waals surface area (Å²) < 4.78 is 0. The van der Waals surface area contributed by atoms with E-state index in [1.807, 2.05) is 0 Å². The summed E-state index contributed by atoms with van der Waals surface area (Å²) in [7, 11) is 0. The Bertz CT molecular complexity index is 414. The van der Waals surface area contributed by atoms with E-state index < -0.39 is 0 Å². The first-order valence-corrected chi connectivity index (χ1v) is 6.24. The third-order valence-electron chi connectivity index (χ3n) is 3.20. The summed E-state index contributed by atoms with van der Waals surface area (Å²) in [6, 6.07) is 12.8. The summed E-state index contributed by atoms with van der Waals surface area (Å²) in [4.78, 5) is 2.42. The third-order valence-corrected chi connectivity index (χ3v) is 3.20. The van der Waals surface area contributed by atoms with Gasteiger partial charge in [0.15, 0.2) is 0 Å². The van der Waals surface area contributed by atoms with Crippen LogP contribution < -0.4 is 0 Å². The summed E-state index contributed by atoms with van der Waals surface area (Å²) in [6.07, 6.45) is 5.11. The van der Waals surface area contributed by atoms with Crippen molar-refractivity contribution in [2.24, 2.45) is 0 Å². The van der Waals surface area contributed by atoms with Gasteiger partial charge < -0.3 is 0 Å². The van der Waals surface area contributed by atoms with Crippen molar-refractivity contribution in [2.75, 3.05) is 19.6 Å². The van der Waals surface area contributed by atoms with Crippen LogP contribution in [0.3, 0.4) is 0 Å². The molecule has 0 aromatic heterocycles. The average Bonchev–Trinajstić information content (AvgIpc) is 2.41. The number of hydrogen-bond donors (Lipinski definition) is 0. The van der Waals surface area contributed by atoms with Crippen molar-refractivity contribution in [1.82, 2.24) is 4.90 Å². The second-order valence-electron chi connectivity index (χ2n) is 4.41. The highest BCUT2D eigenvalue weighted by molar-refractivity contribution is 5.66. The smallest absolute Gasteiger partial charge is 0.0622 e. The predicted octanol–water partition coefficient (Wildman–Crippen LogP) is 3.08. The number of rotatable bonds is 4. The molecule has 0 saturated carbocycles. The Morgan fingerprint density at radius 1 is 1.24 bits per heavy atom. The average molecular weight is 226 g/mol. The van der Waals surface area contributed by atoms with Crippen molar-refractivity contribution >= 4 is 5.57 Å². The van der Waals surface area contributed by atoms with E-state index in [0.717, 1.165) is 32.5 Å². The molecule has 1 heterocycles. The molecule has 0 N–H and O–H groups in total. The summed E-state index contributed by atoms with van der Waals surface area (Å²) in [5.74, 6) is 0. The van der Waals surface area contributed by atoms with Crippen LogP contribution in [-0.2, 0) is 0 Å². The van der Waals surface area contributed by atoms with Crippen molar-refractivity contribution in [3.63, 3.8) is 0 Å². The van der Waals surface area contributed by atoms with Crippen LogP contribution >= 0.6 is 0 Å². The van der Waals surface area contributed by atoms with E-state index >= 15 is 0 Å². The molecule has 2 heteroatoms. The van der Waals surface area contributed by atoms with Gasteiger partial charge in [0, 0.05) is 19.5 Å². The Balaban J connectivity index is 1.88. The lowest BCUT2D eigenvalue weighted by molar-refractivity contribution is 0.299. The Kier molecular flexibility index (Phi) is 4.35. The fraction of sp³-hybridized carbons (Fsp3) is 0.400. The van der Waals surface area contributed by atoms with E-state index in [2.05, 4.69) is 47.4 Å². The minimum atomic E-state index is 0.672. The Hall–Kier alpha value is -1.59. The third kappa shape index (κ3) is 3.44. The van der Waals surface area contributed by atoms with Gasteiger partial charge in [0.25, 0.3) is 0 Å². The van der Waals surface area contributed by atoms with E-state index in [1.54, 1.807) is 0 Å². The SMILES string of the molecule is N#CCCCN1CC=C(c2ccccc2)CC1. The van der Waals surface area contributed by atoms with Crippen molar-refractivity contribution < 1.29 is 0 Å². The van der Waals surface area contributed by atoms with Gasteiger partial charge in [-0.05, 0) is 30.5 Å². The Morgan fingerprint density at radius 3 is 2.71 bits per heavy atom. The highest BCUT2D eigenvalue weighted by Crippen LogP contribution is 2.21. The largest absolute Gasteiger partial charge is 0.299 e. The topological polar surface area (TPSA) is 27.0 Å². The first-order chi connectivity index (χ1) is 8.40. The fourth-order valence-corrected chi connectivity index (χ4v) is 2.21. The summed E-state index contributed by atoms with van der Waals surface area (Å²) in [6.45, 7) is 3.19. The second-order valence-corrected chi connectivity index (χ2v) is 4.41. The highest BCUT2D eigenvalue weighted by atomic mass is 15.1. The van der Waals surface area contributed by atoms with Gasteiger partial charge >= 0.3 is 0 Å². The first kappa shape index (κ1) is 11.9. The minimum absolute atomic E-state index is 0.672. The van der Waals surface area contributed by atoms with Gasteiger partial charge in [-0.15, -0.1) is 0 Å². The molecular formula is C15H18N2. The lowest BCUT2D eigenvalue weighted by Gasteiger charge is -2.26. The normalized spacial score (nSPS) is 16.3. The maximum Gasteiger partial charge on any atom is 0.0622 e. The van der Waals surface area contributed by atoms with Gasteiger partial charge in [0.05, 0.1) is 6.07 Å². The zero-order valence-electron chi connectivity index (χ0n) is 10.1. The van der Waals surface area contributed by atoms with Crippen molar-refractivity contribution in [3.05, 3.63) is 42.0 Å². The van der Waals surface area contributed by atoms with Crippen LogP contribution in [0.25, 0.3) is 5.57 Å². The van der Waals surface area contributed by atoms with E-state index in [0.29, 0.717) is 6.42 Å². The summed E-state index contributed by atoms with van der Waals surface area (Å²) >= 11 is 0.